The second-order valence-corrected chi connectivity index (χ2v) is 7.58. The fraction of sp³-hybridized carbons (Fsp3) is 0.600. The Morgan fingerprint density at radius 1 is 1.41 bits per heavy atom. The summed E-state index contributed by atoms with van der Waals surface area (Å²) in [7, 11) is -3.51. The number of nitrogens with zero attached hydrogens (tertiary/aromatic N) is 1. The number of piperidine rings is 1. The zero-order valence-corrected chi connectivity index (χ0v) is 13.5. The van der Waals surface area contributed by atoms with Crippen LogP contribution in [0.1, 0.15) is 37.8 Å². The maximum absolute atomic E-state index is 14.0. The highest BCUT2D eigenvalue weighted by atomic mass is 32.2. The molecule has 1 aliphatic heterocycles. The summed E-state index contributed by atoms with van der Waals surface area (Å²) in [4.78, 5) is 2.08. The van der Waals surface area contributed by atoms with E-state index in [1.807, 2.05) is 6.92 Å². The number of benzene rings is 1. The third-order valence-corrected chi connectivity index (χ3v) is 5.10. The van der Waals surface area contributed by atoms with Crippen molar-refractivity contribution in [3.05, 3.63) is 35.4 Å². The normalized spacial score (nSPS) is 21.7. The lowest BCUT2D eigenvalue weighted by molar-refractivity contribution is 0.125. The Bertz CT molecular complexity index is 622. The van der Waals surface area contributed by atoms with Crippen LogP contribution in [-0.2, 0) is 10.0 Å². The Morgan fingerprint density at radius 3 is 2.73 bits per heavy atom. The second kappa shape index (κ2) is 7.02. The van der Waals surface area contributed by atoms with Gasteiger partial charge in [-0.3, -0.25) is 4.90 Å². The van der Waals surface area contributed by atoms with Gasteiger partial charge in [0, 0.05) is 24.2 Å². The Hall–Kier alpha value is -1.05. The van der Waals surface area contributed by atoms with Gasteiger partial charge in [-0.05, 0) is 37.8 Å². The molecule has 0 unspecified atom stereocenters. The van der Waals surface area contributed by atoms with E-state index >= 15 is 0 Å². The number of sulfonamides is 1. The van der Waals surface area contributed by atoms with E-state index in [9.17, 15) is 17.2 Å². The van der Waals surface area contributed by atoms with E-state index in [1.165, 1.54) is 12.1 Å². The molecule has 1 heterocycles. The lowest BCUT2D eigenvalue weighted by Gasteiger charge is -2.38. The Balaban J connectivity index is 2.16. The molecule has 1 aliphatic rings. The predicted molar refractivity (Wildman–Crippen MR) is 81.7 cm³/mol. The van der Waals surface area contributed by atoms with E-state index in [-0.39, 0.29) is 17.7 Å². The predicted octanol–water partition coefficient (Wildman–Crippen LogP) is 2.42. The summed E-state index contributed by atoms with van der Waals surface area (Å²) in [5.74, 6) is -1.24. The molecule has 0 saturated carbocycles. The first-order valence-electron chi connectivity index (χ1n) is 7.49. The van der Waals surface area contributed by atoms with Gasteiger partial charge < -0.3 is 0 Å². The van der Waals surface area contributed by atoms with Crippen LogP contribution in [-0.4, -0.2) is 32.2 Å². The minimum atomic E-state index is -3.51. The summed E-state index contributed by atoms with van der Waals surface area (Å²) in [5.41, 5.74) is 0.458. The molecule has 0 amide bonds. The van der Waals surface area contributed by atoms with Crippen LogP contribution in [0.3, 0.4) is 0 Å². The average molecular weight is 332 g/mol. The Labute approximate surface area is 130 Å². The average Bonchev–Trinajstić information content (AvgIpc) is 2.40. The molecular formula is C15H22F2N2O2S. The molecule has 2 atom stereocenters. The van der Waals surface area contributed by atoms with Crippen LogP contribution >= 0.6 is 0 Å². The number of hydrogen-bond donors (Lipinski definition) is 1. The standard InChI is InChI=1S/C15H22F2N2O2S/c1-2-15(13-6-5-12(16)8-14(13)17)19-7-3-4-11(9-19)10-22(18,20)21/h5-6,8,11,15H,2-4,7,9-10H2,1H3,(H2,18,20,21)/t11-,15-/m1/s1. The van der Waals surface area contributed by atoms with Crippen molar-refractivity contribution in [3.8, 4) is 0 Å². The maximum atomic E-state index is 14.0. The lowest BCUT2D eigenvalue weighted by Crippen LogP contribution is -2.41. The summed E-state index contributed by atoms with van der Waals surface area (Å²) in [6.07, 6.45) is 2.32. The highest BCUT2D eigenvalue weighted by Crippen LogP contribution is 2.31. The van der Waals surface area contributed by atoms with Crippen molar-refractivity contribution in [3.63, 3.8) is 0 Å². The SMILES string of the molecule is CC[C@H](c1ccc(F)cc1F)N1CCC[C@@H](CS(N)(=O)=O)C1. The van der Waals surface area contributed by atoms with Crippen molar-refractivity contribution in [1.29, 1.82) is 0 Å². The van der Waals surface area contributed by atoms with Gasteiger partial charge in [0.15, 0.2) is 0 Å². The third kappa shape index (κ3) is 4.47. The van der Waals surface area contributed by atoms with Crippen LogP contribution in [0.25, 0.3) is 0 Å². The van der Waals surface area contributed by atoms with Gasteiger partial charge in [0.1, 0.15) is 11.6 Å². The van der Waals surface area contributed by atoms with Crippen LogP contribution in [0.4, 0.5) is 8.78 Å². The fourth-order valence-electron chi connectivity index (χ4n) is 3.29. The minimum Gasteiger partial charge on any atom is -0.296 e. The topological polar surface area (TPSA) is 63.4 Å². The first-order valence-corrected chi connectivity index (χ1v) is 9.21. The van der Waals surface area contributed by atoms with Gasteiger partial charge in [0.2, 0.25) is 10.0 Å². The molecule has 0 aliphatic carbocycles. The highest BCUT2D eigenvalue weighted by Gasteiger charge is 2.29. The molecule has 1 aromatic rings. The molecule has 0 radical (unpaired) electrons. The first kappa shape index (κ1) is 17.3. The maximum Gasteiger partial charge on any atom is 0.209 e. The molecular weight excluding hydrogens is 310 g/mol. The molecule has 0 bridgehead atoms. The number of nitrogens with two attached hydrogens (primary N) is 1. The summed E-state index contributed by atoms with van der Waals surface area (Å²) in [5, 5.41) is 5.12. The van der Waals surface area contributed by atoms with Crippen LogP contribution < -0.4 is 5.14 Å². The van der Waals surface area contributed by atoms with Crippen LogP contribution in [0.15, 0.2) is 18.2 Å². The Kier molecular flexibility index (Phi) is 5.52. The molecule has 1 aromatic carbocycles. The zero-order chi connectivity index (χ0) is 16.3. The van der Waals surface area contributed by atoms with E-state index < -0.39 is 21.7 Å². The van der Waals surface area contributed by atoms with Crippen molar-refractivity contribution in [2.45, 2.75) is 32.2 Å². The second-order valence-electron chi connectivity index (χ2n) is 5.92. The van der Waals surface area contributed by atoms with Crippen molar-refractivity contribution >= 4 is 10.0 Å². The van der Waals surface area contributed by atoms with Crippen LogP contribution in [0.2, 0.25) is 0 Å². The largest absolute Gasteiger partial charge is 0.296 e. The molecule has 0 spiro atoms. The summed E-state index contributed by atoms with van der Waals surface area (Å²) in [6, 6.07) is 3.45. The number of hydrogen-bond acceptors (Lipinski definition) is 3. The van der Waals surface area contributed by atoms with E-state index in [1.54, 1.807) is 0 Å². The number of halogens is 2. The van der Waals surface area contributed by atoms with E-state index in [4.69, 9.17) is 5.14 Å². The van der Waals surface area contributed by atoms with Gasteiger partial charge in [0.25, 0.3) is 0 Å². The minimum absolute atomic E-state index is 0.0405. The van der Waals surface area contributed by atoms with Crippen LogP contribution in [0, 0.1) is 17.6 Å². The van der Waals surface area contributed by atoms with E-state index in [2.05, 4.69) is 4.90 Å². The number of primary sulfonamides is 1. The highest BCUT2D eigenvalue weighted by molar-refractivity contribution is 7.89. The summed E-state index contributed by atoms with van der Waals surface area (Å²) in [6.45, 7) is 3.28. The van der Waals surface area contributed by atoms with Crippen molar-refractivity contribution in [2.24, 2.45) is 11.1 Å². The van der Waals surface area contributed by atoms with Crippen molar-refractivity contribution in [2.75, 3.05) is 18.8 Å². The molecule has 2 N–H and O–H groups in total. The molecule has 22 heavy (non-hydrogen) atoms. The summed E-state index contributed by atoms with van der Waals surface area (Å²) < 4.78 is 49.6. The monoisotopic (exact) mass is 332 g/mol. The van der Waals surface area contributed by atoms with E-state index in [0.29, 0.717) is 18.5 Å². The molecule has 1 fully saturated rings. The number of rotatable bonds is 5. The van der Waals surface area contributed by atoms with Crippen molar-refractivity contribution in [1.82, 2.24) is 4.90 Å². The first-order chi connectivity index (χ1) is 10.3. The van der Waals surface area contributed by atoms with Crippen molar-refractivity contribution < 1.29 is 17.2 Å². The molecule has 2 rings (SSSR count). The molecule has 124 valence electrons. The Morgan fingerprint density at radius 2 is 2.14 bits per heavy atom. The smallest absolute Gasteiger partial charge is 0.209 e. The third-order valence-electron chi connectivity index (χ3n) is 4.17. The number of likely N-dealkylation sites (tertiary alicyclic amines) is 1. The van der Waals surface area contributed by atoms with Crippen LogP contribution in [0.5, 0.6) is 0 Å². The van der Waals surface area contributed by atoms with Gasteiger partial charge >= 0.3 is 0 Å². The molecule has 7 heteroatoms. The molecule has 0 aromatic heterocycles. The van der Waals surface area contributed by atoms with Gasteiger partial charge in [0.05, 0.1) is 5.75 Å². The van der Waals surface area contributed by atoms with Gasteiger partial charge in [-0.15, -0.1) is 0 Å². The molecule has 1 saturated heterocycles. The zero-order valence-electron chi connectivity index (χ0n) is 12.6. The molecule has 4 nitrogen and oxygen atoms in total. The van der Waals surface area contributed by atoms with Gasteiger partial charge in [-0.1, -0.05) is 13.0 Å². The van der Waals surface area contributed by atoms with E-state index in [0.717, 1.165) is 25.5 Å². The van der Waals surface area contributed by atoms with Gasteiger partial charge in [-0.25, -0.2) is 22.3 Å². The van der Waals surface area contributed by atoms with Gasteiger partial charge in [-0.2, -0.15) is 0 Å². The lowest BCUT2D eigenvalue weighted by atomic mass is 9.94. The summed E-state index contributed by atoms with van der Waals surface area (Å²) >= 11 is 0. The fourth-order valence-corrected chi connectivity index (χ4v) is 4.22. The quantitative estimate of drug-likeness (QED) is 0.901.